The van der Waals surface area contributed by atoms with Crippen LogP contribution in [0.2, 0.25) is 0 Å². The first-order chi connectivity index (χ1) is 9.40. The number of aromatic nitrogens is 1. The quantitative estimate of drug-likeness (QED) is 0.796. The zero-order valence-electron chi connectivity index (χ0n) is 11.3. The Bertz CT molecular complexity index is 659. The molecule has 0 saturated heterocycles. The molecule has 0 bridgehead atoms. The minimum absolute atomic E-state index is 0.0983. The first-order valence-corrected chi connectivity index (χ1v) is 7.07. The number of hydrogen-bond donors (Lipinski definition) is 3. The van der Waals surface area contributed by atoms with Gasteiger partial charge in [0, 0.05) is 12.3 Å². The molecule has 2 aromatic heterocycles. The highest BCUT2D eigenvalue weighted by atomic mass is 32.1. The summed E-state index contributed by atoms with van der Waals surface area (Å²) in [6, 6.07) is 3.19. The maximum Gasteiger partial charge on any atom is 0.253 e. The minimum atomic E-state index is -1.12. The van der Waals surface area contributed by atoms with Gasteiger partial charge in [0.1, 0.15) is 5.60 Å². The molecule has 0 fully saturated rings. The summed E-state index contributed by atoms with van der Waals surface area (Å²) in [5, 5.41) is 16.7. The van der Waals surface area contributed by atoms with Crippen LogP contribution in [-0.2, 0) is 5.60 Å². The van der Waals surface area contributed by atoms with Gasteiger partial charge >= 0.3 is 0 Å². The van der Waals surface area contributed by atoms with Crippen LogP contribution in [0.5, 0.6) is 0 Å². The normalized spacial score (nSPS) is 13.8. The van der Waals surface area contributed by atoms with Crippen LogP contribution in [0.1, 0.15) is 28.4 Å². The molecule has 1 unspecified atom stereocenters. The summed E-state index contributed by atoms with van der Waals surface area (Å²) >= 11 is 1.49. The highest BCUT2D eigenvalue weighted by Gasteiger charge is 2.24. The summed E-state index contributed by atoms with van der Waals surface area (Å²) in [6.45, 7) is 3.44. The number of amides is 1. The number of nitrogens with one attached hydrogen (secondary N) is 2. The van der Waals surface area contributed by atoms with Crippen molar-refractivity contribution in [3.05, 3.63) is 56.1 Å². The van der Waals surface area contributed by atoms with E-state index in [2.05, 4.69) is 10.3 Å². The Morgan fingerprint density at radius 3 is 2.90 bits per heavy atom. The molecule has 106 valence electrons. The molecule has 5 nitrogen and oxygen atoms in total. The van der Waals surface area contributed by atoms with Crippen molar-refractivity contribution in [1.29, 1.82) is 0 Å². The van der Waals surface area contributed by atoms with E-state index < -0.39 is 5.60 Å². The van der Waals surface area contributed by atoms with E-state index in [1.165, 1.54) is 23.6 Å². The lowest BCUT2D eigenvalue weighted by molar-refractivity contribution is 0.0529. The van der Waals surface area contributed by atoms with Gasteiger partial charge in [0.25, 0.3) is 5.91 Å². The molecule has 1 atom stereocenters. The predicted octanol–water partition coefficient (Wildman–Crippen LogP) is 1.38. The Balaban J connectivity index is 2.07. The van der Waals surface area contributed by atoms with Gasteiger partial charge in [-0.25, -0.2) is 0 Å². The molecule has 3 N–H and O–H groups in total. The molecular weight excluding hydrogens is 276 g/mol. The number of aliphatic hydroxyl groups is 1. The maximum absolute atomic E-state index is 12.1. The second-order valence-corrected chi connectivity index (χ2v) is 5.64. The van der Waals surface area contributed by atoms with Crippen molar-refractivity contribution < 1.29 is 9.90 Å². The molecule has 0 spiro atoms. The van der Waals surface area contributed by atoms with E-state index in [9.17, 15) is 14.7 Å². The van der Waals surface area contributed by atoms with Gasteiger partial charge in [-0.2, -0.15) is 11.3 Å². The molecule has 2 aromatic rings. The summed E-state index contributed by atoms with van der Waals surface area (Å²) in [5.74, 6) is -0.325. The second-order valence-electron chi connectivity index (χ2n) is 4.86. The van der Waals surface area contributed by atoms with Crippen LogP contribution in [0.25, 0.3) is 0 Å². The fourth-order valence-electron chi connectivity index (χ4n) is 1.84. The molecule has 0 aliphatic heterocycles. The van der Waals surface area contributed by atoms with Crippen molar-refractivity contribution in [1.82, 2.24) is 10.3 Å². The minimum Gasteiger partial charge on any atom is -0.384 e. The van der Waals surface area contributed by atoms with E-state index in [1.54, 1.807) is 13.8 Å². The Hall–Kier alpha value is -1.92. The van der Waals surface area contributed by atoms with Gasteiger partial charge < -0.3 is 15.4 Å². The molecule has 1 amide bonds. The van der Waals surface area contributed by atoms with Crippen LogP contribution in [-0.4, -0.2) is 22.5 Å². The number of rotatable bonds is 4. The van der Waals surface area contributed by atoms with E-state index in [-0.39, 0.29) is 18.0 Å². The molecule has 20 heavy (non-hydrogen) atoms. The van der Waals surface area contributed by atoms with Crippen molar-refractivity contribution >= 4 is 17.2 Å². The molecular formula is C14H16N2O3S. The van der Waals surface area contributed by atoms with E-state index in [0.717, 1.165) is 5.56 Å². The topological polar surface area (TPSA) is 82.2 Å². The van der Waals surface area contributed by atoms with E-state index in [4.69, 9.17) is 0 Å². The van der Waals surface area contributed by atoms with E-state index in [0.29, 0.717) is 11.1 Å². The number of carbonyl (C=O) groups is 1. The molecule has 0 aliphatic rings. The second kappa shape index (κ2) is 5.60. The van der Waals surface area contributed by atoms with Crippen molar-refractivity contribution in [2.75, 3.05) is 6.54 Å². The lowest BCUT2D eigenvalue weighted by Crippen LogP contribution is -2.38. The van der Waals surface area contributed by atoms with Gasteiger partial charge in [0.2, 0.25) is 5.56 Å². The number of thiophene rings is 1. The van der Waals surface area contributed by atoms with Crippen molar-refractivity contribution in [3.63, 3.8) is 0 Å². The first kappa shape index (κ1) is 14.5. The largest absolute Gasteiger partial charge is 0.384 e. The smallest absolute Gasteiger partial charge is 0.253 e. The van der Waals surface area contributed by atoms with Gasteiger partial charge in [-0.1, -0.05) is 0 Å². The van der Waals surface area contributed by atoms with Gasteiger partial charge in [0.05, 0.1) is 12.1 Å². The Kier molecular flexibility index (Phi) is 4.06. The lowest BCUT2D eigenvalue weighted by atomic mass is 9.99. The van der Waals surface area contributed by atoms with Gasteiger partial charge in [0.15, 0.2) is 0 Å². The summed E-state index contributed by atoms with van der Waals surface area (Å²) in [5.41, 5.74) is 0.392. The van der Waals surface area contributed by atoms with E-state index >= 15 is 0 Å². The SMILES string of the molecule is Cc1cc(=O)[nH]cc1C(=O)NCC(C)(O)c1ccsc1. The van der Waals surface area contributed by atoms with Gasteiger partial charge in [-0.3, -0.25) is 9.59 Å². The summed E-state index contributed by atoms with van der Waals surface area (Å²) < 4.78 is 0. The summed E-state index contributed by atoms with van der Waals surface area (Å²) in [4.78, 5) is 25.6. The van der Waals surface area contributed by atoms with Crippen LogP contribution < -0.4 is 10.9 Å². The molecule has 0 radical (unpaired) electrons. The zero-order chi connectivity index (χ0) is 14.8. The van der Waals surface area contributed by atoms with Crippen LogP contribution in [0, 0.1) is 6.92 Å². The summed E-state index contributed by atoms with van der Waals surface area (Å²) in [7, 11) is 0. The maximum atomic E-state index is 12.1. The van der Waals surface area contributed by atoms with Crippen LogP contribution in [0.3, 0.4) is 0 Å². The van der Waals surface area contributed by atoms with Crippen molar-refractivity contribution in [2.24, 2.45) is 0 Å². The lowest BCUT2D eigenvalue weighted by Gasteiger charge is -2.23. The molecule has 0 aliphatic carbocycles. The standard InChI is InChI=1S/C14H16N2O3S/c1-9-5-12(17)15-6-11(9)13(18)16-8-14(2,19)10-3-4-20-7-10/h3-7,19H,8H2,1-2H3,(H,15,17)(H,16,18). The summed E-state index contributed by atoms with van der Waals surface area (Å²) in [6.07, 6.45) is 1.38. The number of pyridine rings is 1. The number of H-pyrrole nitrogens is 1. The zero-order valence-corrected chi connectivity index (χ0v) is 12.1. The molecule has 6 heteroatoms. The third-order valence-electron chi connectivity index (χ3n) is 3.11. The molecule has 2 rings (SSSR count). The fraction of sp³-hybridized carbons (Fsp3) is 0.286. The van der Waals surface area contributed by atoms with Crippen molar-refractivity contribution in [3.8, 4) is 0 Å². The van der Waals surface area contributed by atoms with E-state index in [1.807, 2.05) is 16.8 Å². The van der Waals surface area contributed by atoms with Gasteiger partial charge in [-0.05, 0) is 41.8 Å². The monoisotopic (exact) mass is 292 g/mol. The molecule has 2 heterocycles. The van der Waals surface area contributed by atoms with Crippen molar-refractivity contribution in [2.45, 2.75) is 19.4 Å². The number of hydrogen-bond acceptors (Lipinski definition) is 4. The van der Waals surface area contributed by atoms with Crippen LogP contribution in [0.4, 0.5) is 0 Å². The highest BCUT2D eigenvalue weighted by molar-refractivity contribution is 7.08. The first-order valence-electron chi connectivity index (χ1n) is 6.13. The van der Waals surface area contributed by atoms with Crippen LogP contribution >= 0.6 is 11.3 Å². The highest BCUT2D eigenvalue weighted by Crippen LogP contribution is 2.22. The average molecular weight is 292 g/mol. The Morgan fingerprint density at radius 1 is 1.55 bits per heavy atom. The third kappa shape index (κ3) is 3.15. The number of aryl methyl sites for hydroxylation is 1. The molecule has 0 saturated carbocycles. The number of aromatic amines is 1. The Labute approximate surface area is 120 Å². The van der Waals surface area contributed by atoms with Gasteiger partial charge in [-0.15, -0.1) is 0 Å². The number of carbonyl (C=O) groups excluding carboxylic acids is 1. The Morgan fingerprint density at radius 2 is 2.30 bits per heavy atom. The predicted molar refractivity (Wildman–Crippen MR) is 78.0 cm³/mol. The molecule has 0 aromatic carbocycles. The fourth-order valence-corrected chi connectivity index (χ4v) is 2.62. The van der Waals surface area contributed by atoms with Crippen LogP contribution in [0.15, 0.2) is 33.9 Å². The third-order valence-corrected chi connectivity index (χ3v) is 3.80. The average Bonchev–Trinajstić information content (AvgIpc) is 2.90.